The predicted molar refractivity (Wildman–Crippen MR) is 78.7 cm³/mol. The number of nitrogens with two attached hydrogens (primary N) is 1. The molecule has 6 nitrogen and oxygen atoms in total. The fraction of sp³-hybridized carbons (Fsp3) is 0.0625. The molecule has 0 radical (unpaired) electrons. The van der Waals surface area contributed by atoms with Crippen molar-refractivity contribution in [3.8, 4) is 11.8 Å². The van der Waals surface area contributed by atoms with Crippen LogP contribution in [-0.4, -0.2) is 11.9 Å². The summed E-state index contributed by atoms with van der Waals surface area (Å²) >= 11 is 0. The number of imide groups is 1. The van der Waals surface area contributed by atoms with Crippen LogP contribution in [0.4, 0.5) is 4.79 Å². The zero-order chi connectivity index (χ0) is 15.9. The third-order valence-electron chi connectivity index (χ3n) is 2.82. The summed E-state index contributed by atoms with van der Waals surface area (Å²) < 4.78 is 5.63. The normalized spacial score (nSPS) is 11.0. The third kappa shape index (κ3) is 3.84. The monoisotopic (exact) mass is 295 g/mol. The van der Waals surface area contributed by atoms with Crippen molar-refractivity contribution in [2.24, 2.45) is 5.73 Å². The van der Waals surface area contributed by atoms with Crippen LogP contribution in [0.5, 0.6) is 5.75 Å². The van der Waals surface area contributed by atoms with Crippen molar-refractivity contribution in [1.29, 1.82) is 5.26 Å². The molecular formula is C16H13N3O3. The molecular weight excluding hydrogens is 282 g/mol. The van der Waals surface area contributed by atoms with E-state index in [9.17, 15) is 9.59 Å². The van der Waals surface area contributed by atoms with Crippen LogP contribution >= 0.6 is 0 Å². The van der Waals surface area contributed by atoms with Crippen LogP contribution < -0.4 is 15.8 Å². The lowest BCUT2D eigenvalue weighted by molar-refractivity contribution is -0.127. The highest BCUT2D eigenvalue weighted by molar-refractivity contribution is 5.96. The van der Waals surface area contributed by atoms with Crippen molar-refractivity contribution in [3.63, 3.8) is 0 Å². The lowest BCUT2D eigenvalue weighted by Gasteiger charge is -2.18. The summed E-state index contributed by atoms with van der Waals surface area (Å²) in [5.41, 5.74) is 6.03. The second-order valence-electron chi connectivity index (χ2n) is 4.40. The van der Waals surface area contributed by atoms with Gasteiger partial charge in [-0.2, -0.15) is 5.26 Å². The largest absolute Gasteiger partial charge is 0.476 e. The molecule has 22 heavy (non-hydrogen) atoms. The van der Waals surface area contributed by atoms with Gasteiger partial charge in [-0.1, -0.05) is 30.3 Å². The number of carbonyl (C=O) groups is 2. The molecule has 0 fully saturated rings. The van der Waals surface area contributed by atoms with E-state index in [1.165, 1.54) is 0 Å². The van der Waals surface area contributed by atoms with Gasteiger partial charge in [-0.05, 0) is 24.3 Å². The van der Waals surface area contributed by atoms with Crippen molar-refractivity contribution >= 4 is 11.9 Å². The molecule has 0 aromatic heterocycles. The van der Waals surface area contributed by atoms with Gasteiger partial charge in [0, 0.05) is 5.56 Å². The third-order valence-corrected chi connectivity index (χ3v) is 2.82. The second kappa shape index (κ2) is 6.90. The summed E-state index contributed by atoms with van der Waals surface area (Å²) in [6.07, 6.45) is -1.03. The SMILES string of the molecule is N#Cc1ccc(O[C@H](C(=O)NC(N)=O)c2ccccc2)cc1. The number of rotatable bonds is 4. The molecule has 0 bridgehead atoms. The van der Waals surface area contributed by atoms with E-state index >= 15 is 0 Å². The van der Waals surface area contributed by atoms with Crippen molar-refractivity contribution in [1.82, 2.24) is 5.32 Å². The number of nitrogens with one attached hydrogen (secondary N) is 1. The standard InChI is InChI=1S/C16H13N3O3/c17-10-11-6-8-13(9-7-11)22-14(15(20)19-16(18)21)12-4-2-1-3-5-12/h1-9,14H,(H3,18,19,20,21)/t14-/m0/s1. The average Bonchev–Trinajstić information content (AvgIpc) is 2.53. The van der Waals surface area contributed by atoms with Gasteiger partial charge in [0.15, 0.2) is 0 Å². The van der Waals surface area contributed by atoms with Gasteiger partial charge in [-0.3, -0.25) is 10.1 Å². The Morgan fingerprint density at radius 3 is 2.27 bits per heavy atom. The van der Waals surface area contributed by atoms with Gasteiger partial charge < -0.3 is 10.5 Å². The molecule has 0 aliphatic rings. The molecule has 3 N–H and O–H groups in total. The first-order chi connectivity index (χ1) is 10.6. The first kappa shape index (κ1) is 15.1. The Balaban J connectivity index is 2.26. The Labute approximate surface area is 127 Å². The number of hydrogen-bond acceptors (Lipinski definition) is 4. The van der Waals surface area contributed by atoms with Gasteiger partial charge in [-0.15, -0.1) is 0 Å². The zero-order valence-corrected chi connectivity index (χ0v) is 11.5. The first-order valence-electron chi connectivity index (χ1n) is 6.42. The maximum absolute atomic E-state index is 12.1. The van der Waals surface area contributed by atoms with E-state index in [1.807, 2.05) is 11.4 Å². The smallest absolute Gasteiger partial charge is 0.318 e. The maximum Gasteiger partial charge on any atom is 0.318 e. The van der Waals surface area contributed by atoms with Gasteiger partial charge in [0.25, 0.3) is 5.91 Å². The minimum atomic E-state index is -1.03. The molecule has 0 aliphatic carbocycles. The Hall–Kier alpha value is -3.33. The van der Waals surface area contributed by atoms with Crippen LogP contribution in [0.3, 0.4) is 0 Å². The molecule has 0 heterocycles. The second-order valence-corrected chi connectivity index (χ2v) is 4.40. The summed E-state index contributed by atoms with van der Waals surface area (Å²) in [7, 11) is 0. The molecule has 2 aromatic carbocycles. The number of nitriles is 1. The summed E-state index contributed by atoms with van der Waals surface area (Å²) in [5.74, 6) is -0.268. The van der Waals surface area contributed by atoms with Crippen molar-refractivity contribution in [2.75, 3.05) is 0 Å². The van der Waals surface area contributed by atoms with Crippen LogP contribution in [-0.2, 0) is 4.79 Å². The molecule has 110 valence electrons. The van der Waals surface area contributed by atoms with Crippen LogP contribution in [0, 0.1) is 11.3 Å². The van der Waals surface area contributed by atoms with Crippen LogP contribution in [0.25, 0.3) is 0 Å². The summed E-state index contributed by atoms with van der Waals surface area (Å²) in [6, 6.07) is 16.0. The number of amides is 3. The van der Waals surface area contributed by atoms with Crippen molar-refractivity contribution in [3.05, 3.63) is 65.7 Å². The predicted octanol–water partition coefficient (Wildman–Crippen LogP) is 1.87. The van der Waals surface area contributed by atoms with E-state index < -0.39 is 18.0 Å². The van der Waals surface area contributed by atoms with Crippen molar-refractivity contribution < 1.29 is 14.3 Å². The van der Waals surface area contributed by atoms with Gasteiger partial charge in [0.2, 0.25) is 6.10 Å². The van der Waals surface area contributed by atoms with E-state index in [2.05, 4.69) is 0 Å². The number of nitrogens with zero attached hydrogens (tertiary/aromatic N) is 1. The topological polar surface area (TPSA) is 105 Å². The molecule has 2 rings (SSSR count). The van der Waals surface area contributed by atoms with Crippen LogP contribution in [0.1, 0.15) is 17.2 Å². The minimum Gasteiger partial charge on any atom is -0.476 e. The molecule has 6 heteroatoms. The summed E-state index contributed by atoms with van der Waals surface area (Å²) in [5, 5.41) is 10.8. The summed E-state index contributed by atoms with van der Waals surface area (Å²) in [6.45, 7) is 0. The summed E-state index contributed by atoms with van der Waals surface area (Å²) in [4.78, 5) is 23.0. The van der Waals surface area contributed by atoms with Gasteiger partial charge in [0.1, 0.15) is 5.75 Å². The zero-order valence-electron chi connectivity index (χ0n) is 11.5. The van der Waals surface area contributed by atoms with E-state index in [4.69, 9.17) is 15.7 Å². The number of benzene rings is 2. The van der Waals surface area contributed by atoms with Gasteiger partial charge >= 0.3 is 6.03 Å². The molecule has 0 saturated carbocycles. The van der Waals surface area contributed by atoms with Gasteiger partial charge in [-0.25, -0.2) is 4.79 Å². The number of primary amides is 1. The minimum absolute atomic E-state index is 0.396. The molecule has 0 spiro atoms. The van der Waals surface area contributed by atoms with Gasteiger partial charge in [0.05, 0.1) is 11.6 Å². The highest BCUT2D eigenvalue weighted by Gasteiger charge is 2.23. The molecule has 0 unspecified atom stereocenters. The maximum atomic E-state index is 12.1. The Morgan fingerprint density at radius 1 is 1.09 bits per heavy atom. The fourth-order valence-electron chi connectivity index (χ4n) is 1.83. The number of carbonyl (C=O) groups excluding carboxylic acids is 2. The molecule has 0 aliphatic heterocycles. The Bertz CT molecular complexity index is 706. The molecule has 0 saturated heterocycles. The van der Waals surface area contributed by atoms with Crippen LogP contribution in [0.15, 0.2) is 54.6 Å². The number of ether oxygens (including phenoxy) is 1. The Morgan fingerprint density at radius 2 is 1.73 bits per heavy atom. The van der Waals surface area contributed by atoms with E-state index in [0.29, 0.717) is 16.9 Å². The molecule has 2 aromatic rings. The average molecular weight is 295 g/mol. The lowest BCUT2D eigenvalue weighted by atomic mass is 10.1. The number of urea groups is 1. The molecule has 1 atom stereocenters. The van der Waals surface area contributed by atoms with E-state index in [1.54, 1.807) is 54.6 Å². The van der Waals surface area contributed by atoms with Crippen molar-refractivity contribution in [2.45, 2.75) is 6.10 Å². The Kier molecular flexibility index (Phi) is 4.73. The molecule has 3 amide bonds. The first-order valence-corrected chi connectivity index (χ1v) is 6.42. The van der Waals surface area contributed by atoms with Crippen LogP contribution in [0.2, 0.25) is 0 Å². The fourth-order valence-corrected chi connectivity index (χ4v) is 1.83. The lowest BCUT2D eigenvalue weighted by Crippen LogP contribution is -2.39. The number of hydrogen-bond donors (Lipinski definition) is 2. The van der Waals surface area contributed by atoms with E-state index in [-0.39, 0.29) is 0 Å². The highest BCUT2D eigenvalue weighted by atomic mass is 16.5. The quantitative estimate of drug-likeness (QED) is 0.898. The van der Waals surface area contributed by atoms with E-state index in [0.717, 1.165) is 0 Å². The highest BCUT2D eigenvalue weighted by Crippen LogP contribution is 2.22.